The number of carbonyl (C=O) groups is 1. The summed E-state index contributed by atoms with van der Waals surface area (Å²) in [6.45, 7) is 5.66. The zero-order valence-electron chi connectivity index (χ0n) is 8.85. The Balaban J connectivity index is 0.000000265. The first-order valence-corrected chi connectivity index (χ1v) is 4.67. The Bertz CT molecular complexity index is 280. The molecule has 1 N–H and O–H groups in total. The quantitative estimate of drug-likeness (QED) is 0.826. The lowest BCUT2D eigenvalue weighted by atomic mass is 10.2. The summed E-state index contributed by atoms with van der Waals surface area (Å²) in [6.07, 6.45) is 1.83. The van der Waals surface area contributed by atoms with Crippen molar-refractivity contribution < 1.29 is 14.6 Å². The van der Waals surface area contributed by atoms with Crippen LogP contribution in [0.5, 0.6) is 0 Å². The summed E-state index contributed by atoms with van der Waals surface area (Å²) in [4.78, 5) is 9.63. The molecule has 0 aliphatic rings. The minimum absolute atomic E-state index is 0.184. The molecule has 0 aromatic heterocycles. The highest BCUT2D eigenvalue weighted by Crippen LogP contribution is 1.97. The summed E-state index contributed by atoms with van der Waals surface area (Å²) in [5.41, 5.74) is 1.17. The van der Waals surface area contributed by atoms with Crippen LogP contribution in [0.1, 0.15) is 12.5 Å². The van der Waals surface area contributed by atoms with Crippen molar-refractivity contribution in [3.8, 4) is 0 Å². The van der Waals surface area contributed by atoms with Gasteiger partial charge in [-0.05, 0) is 12.5 Å². The molecule has 0 spiro atoms. The summed E-state index contributed by atoms with van der Waals surface area (Å²) < 4.78 is 4.50. The molecule has 0 fully saturated rings. The first kappa shape index (κ1) is 13.4. The van der Waals surface area contributed by atoms with E-state index in [0.717, 1.165) is 0 Å². The topological polar surface area (TPSA) is 46.5 Å². The maximum atomic E-state index is 9.63. The lowest BCUT2D eigenvalue weighted by Gasteiger charge is -1.90. The molecule has 82 valence electrons. The standard InChI is InChI=1S/C8H8.C4H8O3/c1-2-8-6-4-3-5-7-8;1-2-7-3-4(5)6/h2-7H,1H2;2-3H2,1H3,(H,5,6). The highest BCUT2D eigenvalue weighted by molar-refractivity contribution is 5.67. The molecule has 0 bridgehead atoms. The molecule has 0 aliphatic heterocycles. The van der Waals surface area contributed by atoms with E-state index in [-0.39, 0.29) is 6.61 Å². The molecule has 0 saturated heterocycles. The summed E-state index contributed by atoms with van der Waals surface area (Å²) in [7, 11) is 0. The van der Waals surface area contributed by atoms with Gasteiger partial charge in [-0.2, -0.15) is 0 Å². The van der Waals surface area contributed by atoms with E-state index in [4.69, 9.17) is 5.11 Å². The molecular weight excluding hydrogens is 192 g/mol. The van der Waals surface area contributed by atoms with Gasteiger partial charge in [-0.3, -0.25) is 0 Å². The molecule has 15 heavy (non-hydrogen) atoms. The lowest BCUT2D eigenvalue weighted by Crippen LogP contribution is -2.05. The second kappa shape index (κ2) is 8.97. The van der Waals surface area contributed by atoms with Crippen LogP contribution in [0.15, 0.2) is 36.9 Å². The van der Waals surface area contributed by atoms with E-state index in [9.17, 15) is 4.79 Å². The molecule has 0 aliphatic carbocycles. The SMILES string of the molecule is C=Cc1ccccc1.CCOCC(=O)O. The van der Waals surface area contributed by atoms with Gasteiger partial charge >= 0.3 is 5.97 Å². The third-order valence-electron chi connectivity index (χ3n) is 1.46. The van der Waals surface area contributed by atoms with Crippen molar-refractivity contribution in [3.63, 3.8) is 0 Å². The predicted molar refractivity (Wildman–Crippen MR) is 60.7 cm³/mol. The van der Waals surface area contributed by atoms with E-state index in [1.807, 2.05) is 36.4 Å². The maximum Gasteiger partial charge on any atom is 0.329 e. The first-order valence-electron chi connectivity index (χ1n) is 4.67. The Morgan fingerprint density at radius 2 is 2.07 bits per heavy atom. The molecule has 3 nitrogen and oxygen atoms in total. The first-order chi connectivity index (χ1) is 7.20. The van der Waals surface area contributed by atoms with Gasteiger partial charge in [0.2, 0.25) is 0 Å². The van der Waals surface area contributed by atoms with Crippen molar-refractivity contribution in [2.24, 2.45) is 0 Å². The Morgan fingerprint density at radius 3 is 2.33 bits per heavy atom. The summed E-state index contributed by atoms with van der Waals surface area (Å²) in [6, 6.07) is 10.0. The fraction of sp³-hybridized carbons (Fsp3) is 0.250. The van der Waals surface area contributed by atoms with Gasteiger partial charge in [0.05, 0.1) is 0 Å². The van der Waals surface area contributed by atoms with E-state index < -0.39 is 5.97 Å². The molecule has 1 aromatic rings. The van der Waals surface area contributed by atoms with Crippen molar-refractivity contribution in [2.45, 2.75) is 6.92 Å². The van der Waals surface area contributed by atoms with Crippen LogP contribution in [0.2, 0.25) is 0 Å². The largest absolute Gasteiger partial charge is 0.480 e. The normalized spacial score (nSPS) is 8.60. The number of carboxylic acids is 1. The van der Waals surface area contributed by atoms with Crippen molar-refractivity contribution in [1.29, 1.82) is 0 Å². The van der Waals surface area contributed by atoms with Crippen molar-refractivity contribution in [3.05, 3.63) is 42.5 Å². The number of hydrogen-bond donors (Lipinski definition) is 1. The minimum atomic E-state index is -0.915. The molecule has 1 aromatic carbocycles. The van der Waals surface area contributed by atoms with Crippen molar-refractivity contribution in [2.75, 3.05) is 13.2 Å². The van der Waals surface area contributed by atoms with Gasteiger partial charge in [0.1, 0.15) is 6.61 Å². The zero-order chi connectivity index (χ0) is 11.5. The van der Waals surface area contributed by atoms with Gasteiger partial charge in [0.25, 0.3) is 0 Å². The van der Waals surface area contributed by atoms with Gasteiger partial charge in [-0.15, -0.1) is 0 Å². The number of aliphatic carboxylic acids is 1. The average Bonchev–Trinajstić information content (AvgIpc) is 2.28. The number of benzene rings is 1. The smallest absolute Gasteiger partial charge is 0.329 e. The highest BCUT2D eigenvalue weighted by Gasteiger charge is 1.90. The van der Waals surface area contributed by atoms with Crippen LogP contribution in [-0.2, 0) is 9.53 Å². The fourth-order valence-corrected chi connectivity index (χ4v) is 0.778. The van der Waals surface area contributed by atoms with E-state index >= 15 is 0 Å². The maximum absolute atomic E-state index is 9.63. The molecule has 0 amide bonds. The average molecular weight is 208 g/mol. The van der Waals surface area contributed by atoms with Gasteiger partial charge in [0.15, 0.2) is 0 Å². The molecule has 1 rings (SSSR count). The van der Waals surface area contributed by atoms with Crippen LogP contribution in [0.4, 0.5) is 0 Å². The summed E-state index contributed by atoms with van der Waals surface area (Å²) in [5.74, 6) is -0.915. The second-order valence-electron chi connectivity index (χ2n) is 2.65. The zero-order valence-corrected chi connectivity index (χ0v) is 8.85. The van der Waals surface area contributed by atoms with E-state index in [1.165, 1.54) is 5.56 Å². The van der Waals surface area contributed by atoms with E-state index in [2.05, 4.69) is 11.3 Å². The van der Waals surface area contributed by atoms with Gasteiger partial charge in [-0.1, -0.05) is 43.0 Å². The Morgan fingerprint density at radius 1 is 1.47 bits per heavy atom. The molecule has 0 unspecified atom stereocenters. The molecule has 0 saturated carbocycles. The highest BCUT2D eigenvalue weighted by atomic mass is 16.5. The Labute approximate surface area is 90.0 Å². The van der Waals surface area contributed by atoms with Gasteiger partial charge in [0, 0.05) is 6.61 Å². The molecule has 0 radical (unpaired) electrons. The van der Waals surface area contributed by atoms with Crippen LogP contribution >= 0.6 is 0 Å². The Kier molecular flexibility index (Phi) is 8.00. The summed E-state index contributed by atoms with van der Waals surface area (Å²) >= 11 is 0. The number of hydrogen-bond acceptors (Lipinski definition) is 2. The van der Waals surface area contributed by atoms with Crippen LogP contribution in [0.3, 0.4) is 0 Å². The predicted octanol–water partition coefficient (Wildman–Crippen LogP) is 2.44. The van der Waals surface area contributed by atoms with Gasteiger partial charge in [-0.25, -0.2) is 4.79 Å². The van der Waals surface area contributed by atoms with Crippen LogP contribution in [-0.4, -0.2) is 24.3 Å². The fourth-order valence-electron chi connectivity index (χ4n) is 0.778. The van der Waals surface area contributed by atoms with Gasteiger partial charge < -0.3 is 9.84 Å². The van der Waals surface area contributed by atoms with Crippen LogP contribution < -0.4 is 0 Å². The summed E-state index contributed by atoms with van der Waals surface area (Å²) in [5, 5.41) is 7.92. The van der Waals surface area contributed by atoms with Crippen molar-refractivity contribution >= 4 is 12.0 Å². The number of rotatable bonds is 4. The second-order valence-corrected chi connectivity index (χ2v) is 2.65. The van der Waals surface area contributed by atoms with E-state index in [1.54, 1.807) is 6.92 Å². The molecule has 0 heterocycles. The minimum Gasteiger partial charge on any atom is -0.480 e. The van der Waals surface area contributed by atoms with Crippen LogP contribution in [0.25, 0.3) is 6.08 Å². The lowest BCUT2D eigenvalue weighted by molar-refractivity contribution is -0.142. The molecule has 3 heteroatoms. The third kappa shape index (κ3) is 8.71. The third-order valence-corrected chi connectivity index (χ3v) is 1.46. The van der Waals surface area contributed by atoms with Crippen molar-refractivity contribution in [1.82, 2.24) is 0 Å². The molecule has 0 atom stereocenters. The van der Waals surface area contributed by atoms with Crippen LogP contribution in [0, 0.1) is 0 Å². The number of carboxylic acid groups (broad SMARTS) is 1. The van der Waals surface area contributed by atoms with E-state index in [0.29, 0.717) is 6.61 Å². The monoisotopic (exact) mass is 208 g/mol. The Hall–Kier alpha value is -1.61. The molecular formula is C12H16O3. The number of ether oxygens (including phenoxy) is 1.